The Morgan fingerprint density at radius 1 is 1.55 bits per heavy atom. The van der Waals surface area contributed by atoms with Crippen molar-refractivity contribution < 1.29 is 4.42 Å². The van der Waals surface area contributed by atoms with Crippen molar-refractivity contribution >= 4 is 6.01 Å². The van der Waals surface area contributed by atoms with Gasteiger partial charge in [0.15, 0.2) is 0 Å². The monoisotopic (exact) mass is 155 g/mol. The van der Waals surface area contributed by atoms with Crippen molar-refractivity contribution in [2.45, 2.75) is 32.6 Å². The Balaban J connectivity index is 2.60. The summed E-state index contributed by atoms with van der Waals surface area (Å²) < 4.78 is 5.05. The van der Waals surface area contributed by atoms with Gasteiger partial charge in [0.25, 0.3) is 0 Å². The molecule has 62 valence electrons. The standard InChI is InChI=1S/C7H13N3O/c1-3-4-5(2)6-9-10-7(8)11-6/h5H,3-4H2,1-2H3,(H2,8,10). The third-order valence-corrected chi connectivity index (χ3v) is 1.60. The van der Waals surface area contributed by atoms with Gasteiger partial charge in [-0.1, -0.05) is 25.4 Å². The maximum Gasteiger partial charge on any atom is 0.312 e. The van der Waals surface area contributed by atoms with Gasteiger partial charge < -0.3 is 10.2 Å². The van der Waals surface area contributed by atoms with Crippen molar-refractivity contribution in [2.75, 3.05) is 5.73 Å². The number of nitrogen functional groups attached to an aromatic ring is 1. The molecule has 0 saturated heterocycles. The predicted molar refractivity (Wildman–Crippen MR) is 42.0 cm³/mol. The number of hydrogen-bond acceptors (Lipinski definition) is 4. The van der Waals surface area contributed by atoms with Crippen molar-refractivity contribution in [2.24, 2.45) is 0 Å². The molecule has 0 aliphatic carbocycles. The summed E-state index contributed by atoms with van der Waals surface area (Å²) in [7, 11) is 0. The molecule has 0 spiro atoms. The van der Waals surface area contributed by atoms with Crippen molar-refractivity contribution in [1.82, 2.24) is 10.2 Å². The summed E-state index contributed by atoms with van der Waals surface area (Å²) in [5.74, 6) is 0.967. The van der Waals surface area contributed by atoms with E-state index < -0.39 is 0 Å². The molecule has 1 aromatic rings. The number of nitrogens with two attached hydrogens (primary N) is 1. The quantitative estimate of drug-likeness (QED) is 0.719. The highest BCUT2D eigenvalue weighted by Gasteiger charge is 2.10. The third-order valence-electron chi connectivity index (χ3n) is 1.60. The Kier molecular flexibility index (Phi) is 2.46. The molecule has 4 heteroatoms. The first-order chi connectivity index (χ1) is 5.24. The van der Waals surface area contributed by atoms with Crippen LogP contribution >= 0.6 is 0 Å². The summed E-state index contributed by atoms with van der Waals surface area (Å²) in [6.07, 6.45) is 2.17. The Bertz CT molecular complexity index is 221. The Morgan fingerprint density at radius 2 is 2.27 bits per heavy atom. The molecule has 2 N–H and O–H groups in total. The van der Waals surface area contributed by atoms with Crippen molar-refractivity contribution in [3.8, 4) is 0 Å². The normalized spacial score (nSPS) is 13.3. The lowest BCUT2D eigenvalue weighted by Crippen LogP contribution is -1.92. The smallest absolute Gasteiger partial charge is 0.312 e. The third kappa shape index (κ3) is 1.93. The molecule has 0 aromatic carbocycles. The van der Waals surface area contributed by atoms with E-state index in [2.05, 4.69) is 24.0 Å². The molecule has 0 bridgehead atoms. The first kappa shape index (κ1) is 8.04. The molecule has 1 rings (SSSR count). The van der Waals surface area contributed by atoms with Gasteiger partial charge in [-0.3, -0.25) is 0 Å². The lowest BCUT2D eigenvalue weighted by molar-refractivity contribution is 0.455. The van der Waals surface area contributed by atoms with Gasteiger partial charge in [-0.05, 0) is 6.42 Å². The number of anilines is 1. The molecule has 1 aromatic heterocycles. The molecule has 0 aliphatic heterocycles. The summed E-state index contributed by atoms with van der Waals surface area (Å²) >= 11 is 0. The van der Waals surface area contributed by atoms with Crippen LogP contribution in [0.1, 0.15) is 38.5 Å². The molecular formula is C7H13N3O. The summed E-state index contributed by atoms with van der Waals surface area (Å²) in [6, 6.07) is 0.156. The number of rotatable bonds is 3. The topological polar surface area (TPSA) is 64.9 Å². The molecule has 1 atom stereocenters. The fourth-order valence-corrected chi connectivity index (χ4v) is 1.00. The van der Waals surface area contributed by atoms with Crippen molar-refractivity contribution in [3.63, 3.8) is 0 Å². The maximum atomic E-state index is 5.27. The first-order valence-corrected chi connectivity index (χ1v) is 3.83. The van der Waals surface area contributed by atoms with Gasteiger partial charge in [-0.25, -0.2) is 0 Å². The van der Waals surface area contributed by atoms with Crippen LogP contribution in [-0.4, -0.2) is 10.2 Å². The summed E-state index contributed by atoms with van der Waals surface area (Å²) in [6.45, 7) is 4.17. The first-order valence-electron chi connectivity index (χ1n) is 3.83. The fourth-order valence-electron chi connectivity index (χ4n) is 1.00. The van der Waals surface area contributed by atoms with E-state index in [4.69, 9.17) is 10.2 Å². The van der Waals surface area contributed by atoms with Gasteiger partial charge in [0.2, 0.25) is 5.89 Å². The van der Waals surface area contributed by atoms with E-state index in [0.717, 1.165) is 12.8 Å². The minimum atomic E-state index is 0.156. The van der Waals surface area contributed by atoms with Crippen LogP contribution in [0.25, 0.3) is 0 Å². The zero-order chi connectivity index (χ0) is 8.27. The van der Waals surface area contributed by atoms with E-state index in [-0.39, 0.29) is 6.01 Å². The minimum absolute atomic E-state index is 0.156. The second-order valence-corrected chi connectivity index (χ2v) is 2.67. The molecule has 1 unspecified atom stereocenters. The van der Waals surface area contributed by atoms with Crippen LogP contribution in [0.4, 0.5) is 6.01 Å². The molecule has 11 heavy (non-hydrogen) atoms. The fraction of sp³-hybridized carbons (Fsp3) is 0.714. The Morgan fingerprint density at radius 3 is 2.73 bits per heavy atom. The summed E-state index contributed by atoms with van der Waals surface area (Å²) in [5, 5.41) is 7.37. The van der Waals surface area contributed by atoms with E-state index in [1.165, 1.54) is 0 Å². The van der Waals surface area contributed by atoms with E-state index >= 15 is 0 Å². The van der Waals surface area contributed by atoms with Gasteiger partial charge in [-0.15, -0.1) is 5.10 Å². The van der Waals surface area contributed by atoms with Crippen LogP contribution in [0.15, 0.2) is 4.42 Å². The highest BCUT2D eigenvalue weighted by Crippen LogP contribution is 2.18. The van der Waals surface area contributed by atoms with E-state index in [9.17, 15) is 0 Å². The van der Waals surface area contributed by atoms with Crippen LogP contribution < -0.4 is 5.73 Å². The molecule has 0 aliphatic rings. The molecule has 0 amide bonds. The van der Waals surface area contributed by atoms with E-state index in [1.54, 1.807) is 0 Å². The Labute approximate surface area is 65.8 Å². The van der Waals surface area contributed by atoms with Gasteiger partial charge in [-0.2, -0.15) is 0 Å². The molecule has 0 fully saturated rings. The van der Waals surface area contributed by atoms with E-state index in [0.29, 0.717) is 11.8 Å². The van der Waals surface area contributed by atoms with Gasteiger partial charge in [0, 0.05) is 5.92 Å². The SMILES string of the molecule is CCCC(C)c1nnc(N)o1. The van der Waals surface area contributed by atoms with Gasteiger partial charge in [0.05, 0.1) is 0 Å². The van der Waals surface area contributed by atoms with Crippen molar-refractivity contribution in [1.29, 1.82) is 0 Å². The summed E-state index contributed by atoms with van der Waals surface area (Å²) in [4.78, 5) is 0. The number of hydrogen-bond donors (Lipinski definition) is 1. The second-order valence-electron chi connectivity index (χ2n) is 2.67. The molecule has 0 saturated carbocycles. The summed E-state index contributed by atoms with van der Waals surface area (Å²) in [5.41, 5.74) is 5.27. The van der Waals surface area contributed by atoms with Gasteiger partial charge >= 0.3 is 6.01 Å². The highest BCUT2D eigenvalue weighted by molar-refractivity contribution is 5.06. The van der Waals surface area contributed by atoms with Gasteiger partial charge in [0.1, 0.15) is 0 Å². The van der Waals surface area contributed by atoms with E-state index in [1.807, 2.05) is 0 Å². The lowest BCUT2D eigenvalue weighted by atomic mass is 10.1. The largest absolute Gasteiger partial charge is 0.408 e. The van der Waals surface area contributed by atoms with Crippen LogP contribution in [-0.2, 0) is 0 Å². The average molecular weight is 155 g/mol. The Hall–Kier alpha value is -1.06. The zero-order valence-corrected chi connectivity index (χ0v) is 6.87. The molecular weight excluding hydrogens is 142 g/mol. The van der Waals surface area contributed by atoms with Crippen LogP contribution in [0.2, 0.25) is 0 Å². The predicted octanol–water partition coefficient (Wildman–Crippen LogP) is 1.56. The highest BCUT2D eigenvalue weighted by atomic mass is 16.4. The van der Waals surface area contributed by atoms with Crippen molar-refractivity contribution in [3.05, 3.63) is 5.89 Å². The van der Waals surface area contributed by atoms with Crippen LogP contribution in [0.5, 0.6) is 0 Å². The second kappa shape index (κ2) is 3.37. The number of aromatic nitrogens is 2. The zero-order valence-electron chi connectivity index (χ0n) is 6.87. The number of nitrogens with zero attached hydrogens (tertiary/aromatic N) is 2. The average Bonchev–Trinajstić information content (AvgIpc) is 2.36. The minimum Gasteiger partial charge on any atom is -0.408 e. The van der Waals surface area contributed by atoms with Crippen LogP contribution in [0, 0.1) is 0 Å². The molecule has 4 nitrogen and oxygen atoms in total. The van der Waals surface area contributed by atoms with Crippen LogP contribution in [0.3, 0.4) is 0 Å². The molecule has 0 radical (unpaired) electrons. The molecule has 1 heterocycles. The maximum absolute atomic E-state index is 5.27. The lowest BCUT2D eigenvalue weighted by Gasteiger charge is -2.01.